The molecule has 3 rings (SSSR count). The lowest BCUT2D eigenvalue weighted by Crippen LogP contribution is -2.52. The van der Waals surface area contributed by atoms with E-state index in [1.54, 1.807) is 22.0 Å². The van der Waals surface area contributed by atoms with Crippen molar-refractivity contribution in [1.82, 2.24) is 14.7 Å². The number of ether oxygens (including phenoxy) is 2. The van der Waals surface area contributed by atoms with Crippen molar-refractivity contribution in [3.8, 4) is 22.6 Å². The second-order valence-electron chi connectivity index (χ2n) is 7.93. The quantitative estimate of drug-likeness (QED) is 0.819. The van der Waals surface area contributed by atoms with Crippen LogP contribution < -0.4 is 4.74 Å². The Balaban J connectivity index is 1.57. The maximum absolute atomic E-state index is 12.3. The van der Waals surface area contributed by atoms with Crippen LogP contribution in [0.3, 0.4) is 0 Å². The van der Waals surface area contributed by atoms with Crippen molar-refractivity contribution in [2.45, 2.75) is 39.3 Å². The number of benzene rings is 1. The number of hydrogen-bond acceptors (Lipinski definition) is 5. The van der Waals surface area contributed by atoms with Crippen LogP contribution in [0, 0.1) is 5.92 Å². The zero-order valence-electron chi connectivity index (χ0n) is 16.2. The molecule has 0 radical (unpaired) electrons. The van der Waals surface area contributed by atoms with E-state index in [0.717, 1.165) is 6.07 Å². The Morgan fingerprint density at radius 2 is 1.93 bits per heavy atom. The number of amides is 1. The molecule has 1 aliphatic heterocycles. The highest BCUT2D eigenvalue weighted by Gasteiger charge is 2.34. The number of aromatic hydroxyl groups is 1. The average molecular weight is 413 g/mol. The van der Waals surface area contributed by atoms with Crippen molar-refractivity contribution in [1.29, 1.82) is 0 Å². The molecule has 1 fully saturated rings. The van der Waals surface area contributed by atoms with Crippen LogP contribution in [0.25, 0.3) is 11.1 Å². The molecule has 0 unspecified atom stereocenters. The molecule has 7 nitrogen and oxygen atoms in total. The lowest BCUT2D eigenvalue weighted by atomic mass is 10.0. The number of likely N-dealkylation sites (tertiary alicyclic amines) is 1. The first kappa shape index (κ1) is 20.8. The Morgan fingerprint density at radius 3 is 2.52 bits per heavy atom. The van der Waals surface area contributed by atoms with Crippen LogP contribution in [0.15, 0.2) is 30.6 Å². The molecule has 1 aliphatic rings. The third kappa shape index (κ3) is 5.55. The predicted octanol–water partition coefficient (Wildman–Crippen LogP) is 4.02. The second-order valence-corrected chi connectivity index (χ2v) is 7.93. The summed E-state index contributed by atoms with van der Waals surface area (Å²) in [4.78, 5) is 13.6. The molecular weight excluding hydrogens is 391 g/mol. The van der Waals surface area contributed by atoms with E-state index in [9.17, 15) is 23.1 Å². The van der Waals surface area contributed by atoms with Crippen LogP contribution in [0.5, 0.6) is 11.5 Å². The maximum Gasteiger partial charge on any atom is 0.573 e. The summed E-state index contributed by atoms with van der Waals surface area (Å²) in [7, 11) is 0. The Labute approximate surface area is 165 Å². The van der Waals surface area contributed by atoms with Gasteiger partial charge in [0.25, 0.3) is 0 Å². The highest BCUT2D eigenvalue weighted by atomic mass is 19.4. The molecule has 2 heterocycles. The van der Waals surface area contributed by atoms with Gasteiger partial charge < -0.3 is 19.5 Å². The van der Waals surface area contributed by atoms with E-state index in [-0.39, 0.29) is 12.0 Å². The standard InChI is InChI=1S/C19H22F3N3O4/c1-18(2,3)29-17(27)24-8-12(9-24)10-25-11-14(7-23-25)13-4-5-16(15(26)6-13)28-19(20,21)22/h4-7,11-12,26H,8-10H2,1-3H3. The first-order chi connectivity index (χ1) is 13.4. The molecule has 0 spiro atoms. The molecule has 0 bridgehead atoms. The molecule has 1 saturated heterocycles. The number of aromatic nitrogens is 2. The third-order valence-electron chi connectivity index (χ3n) is 4.21. The van der Waals surface area contributed by atoms with E-state index in [1.165, 1.54) is 12.1 Å². The largest absolute Gasteiger partial charge is 0.573 e. The number of halogens is 3. The van der Waals surface area contributed by atoms with Gasteiger partial charge in [-0.05, 0) is 38.5 Å². The Morgan fingerprint density at radius 1 is 1.24 bits per heavy atom. The number of alkyl halides is 3. The fourth-order valence-corrected chi connectivity index (χ4v) is 2.95. The molecule has 0 saturated carbocycles. The first-order valence-corrected chi connectivity index (χ1v) is 8.99. The van der Waals surface area contributed by atoms with Crippen molar-refractivity contribution < 1.29 is 32.5 Å². The lowest BCUT2D eigenvalue weighted by molar-refractivity contribution is -0.275. The number of carbonyl (C=O) groups is 1. The molecule has 1 aromatic heterocycles. The summed E-state index contributed by atoms with van der Waals surface area (Å²) in [5.74, 6) is -1.05. The van der Waals surface area contributed by atoms with Gasteiger partial charge >= 0.3 is 12.5 Å². The van der Waals surface area contributed by atoms with E-state index in [1.807, 2.05) is 20.8 Å². The summed E-state index contributed by atoms with van der Waals surface area (Å²) >= 11 is 0. The smallest absolute Gasteiger partial charge is 0.504 e. The van der Waals surface area contributed by atoms with Crippen molar-refractivity contribution in [3.63, 3.8) is 0 Å². The molecular formula is C19H22F3N3O4. The SMILES string of the molecule is CC(C)(C)OC(=O)N1CC(Cn2cc(-c3ccc(OC(F)(F)F)c(O)c3)cn2)C1. The normalized spacial score (nSPS) is 15.2. The Bertz CT molecular complexity index is 884. The number of phenols is 1. The zero-order valence-corrected chi connectivity index (χ0v) is 16.2. The minimum absolute atomic E-state index is 0.228. The fraction of sp³-hybridized carbons (Fsp3) is 0.474. The first-order valence-electron chi connectivity index (χ1n) is 8.99. The van der Waals surface area contributed by atoms with E-state index in [2.05, 4.69) is 9.84 Å². The van der Waals surface area contributed by atoms with Gasteiger partial charge in [-0.3, -0.25) is 4.68 Å². The van der Waals surface area contributed by atoms with Gasteiger partial charge in [-0.1, -0.05) is 6.07 Å². The topological polar surface area (TPSA) is 76.8 Å². The number of hydrogen-bond donors (Lipinski definition) is 1. The van der Waals surface area contributed by atoms with Crippen LogP contribution >= 0.6 is 0 Å². The van der Waals surface area contributed by atoms with Crippen molar-refractivity contribution in [2.24, 2.45) is 5.92 Å². The van der Waals surface area contributed by atoms with E-state index >= 15 is 0 Å². The molecule has 10 heteroatoms. The van der Waals surface area contributed by atoms with Gasteiger partial charge in [-0.15, -0.1) is 13.2 Å². The van der Waals surface area contributed by atoms with E-state index < -0.39 is 23.5 Å². The Hall–Kier alpha value is -2.91. The maximum atomic E-state index is 12.3. The number of phenolic OH excluding ortho intramolecular Hbond substituents is 1. The highest BCUT2D eigenvalue weighted by Crippen LogP contribution is 2.35. The molecule has 158 valence electrons. The van der Waals surface area contributed by atoms with Gasteiger partial charge in [-0.2, -0.15) is 5.10 Å². The summed E-state index contributed by atoms with van der Waals surface area (Å²) in [5, 5.41) is 14.0. The van der Waals surface area contributed by atoms with Gasteiger partial charge in [0.1, 0.15) is 5.60 Å². The lowest BCUT2D eigenvalue weighted by Gasteiger charge is -2.39. The van der Waals surface area contributed by atoms with Crippen molar-refractivity contribution >= 4 is 6.09 Å². The molecule has 29 heavy (non-hydrogen) atoms. The third-order valence-corrected chi connectivity index (χ3v) is 4.21. The second kappa shape index (κ2) is 7.49. The molecule has 0 atom stereocenters. The number of rotatable bonds is 4. The molecule has 2 aromatic rings. The molecule has 1 aromatic carbocycles. The summed E-state index contributed by atoms with van der Waals surface area (Å²) in [6.45, 7) is 7.15. The molecule has 0 aliphatic carbocycles. The zero-order chi connectivity index (χ0) is 21.4. The summed E-state index contributed by atoms with van der Waals surface area (Å²) in [5.41, 5.74) is 0.611. The van der Waals surface area contributed by atoms with Crippen LogP contribution in [0.1, 0.15) is 20.8 Å². The Kier molecular flexibility index (Phi) is 5.38. The van der Waals surface area contributed by atoms with Crippen LogP contribution in [0.4, 0.5) is 18.0 Å². The number of nitrogens with zero attached hydrogens (tertiary/aromatic N) is 3. The summed E-state index contributed by atoms with van der Waals surface area (Å²) < 4.78 is 47.6. The van der Waals surface area contributed by atoms with Crippen molar-refractivity contribution in [2.75, 3.05) is 13.1 Å². The number of carbonyl (C=O) groups excluding carboxylic acids is 1. The minimum atomic E-state index is -4.88. The minimum Gasteiger partial charge on any atom is -0.504 e. The van der Waals surface area contributed by atoms with Crippen LogP contribution in [-0.4, -0.2) is 50.9 Å². The molecule has 1 N–H and O–H groups in total. The van der Waals surface area contributed by atoms with Crippen LogP contribution in [-0.2, 0) is 11.3 Å². The monoisotopic (exact) mass is 413 g/mol. The van der Waals surface area contributed by atoms with Crippen molar-refractivity contribution in [3.05, 3.63) is 30.6 Å². The van der Waals surface area contributed by atoms with Gasteiger partial charge in [0.15, 0.2) is 11.5 Å². The van der Waals surface area contributed by atoms with E-state index in [4.69, 9.17) is 4.74 Å². The van der Waals surface area contributed by atoms with Gasteiger partial charge in [0.2, 0.25) is 0 Å². The van der Waals surface area contributed by atoms with E-state index in [0.29, 0.717) is 30.8 Å². The van der Waals surface area contributed by atoms with Crippen LogP contribution in [0.2, 0.25) is 0 Å². The molecule has 1 amide bonds. The van der Waals surface area contributed by atoms with Gasteiger partial charge in [-0.25, -0.2) is 4.79 Å². The summed E-state index contributed by atoms with van der Waals surface area (Å²) in [6, 6.07) is 3.66. The fourth-order valence-electron chi connectivity index (χ4n) is 2.95. The summed E-state index contributed by atoms with van der Waals surface area (Å²) in [6.07, 6.45) is -1.93. The predicted molar refractivity (Wildman–Crippen MR) is 97.3 cm³/mol. The average Bonchev–Trinajstić information content (AvgIpc) is 2.98. The van der Waals surface area contributed by atoms with Gasteiger partial charge in [0, 0.05) is 37.3 Å². The van der Waals surface area contributed by atoms with Gasteiger partial charge in [0.05, 0.1) is 6.20 Å². The highest BCUT2D eigenvalue weighted by molar-refractivity contribution is 5.69.